The Balaban J connectivity index is 1.83. The van der Waals surface area contributed by atoms with Crippen LogP contribution in [0.25, 0.3) is 0 Å². The smallest absolute Gasteiger partial charge is 0.123 e. The number of fused-ring (bicyclic) bond motifs is 1. The third kappa shape index (κ3) is 3.11. The normalized spacial score (nSPS) is 18.7. The highest BCUT2D eigenvalue weighted by Crippen LogP contribution is 2.37. The molecule has 0 saturated carbocycles. The third-order valence-electron chi connectivity index (χ3n) is 3.91. The number of hydrogen-bond acceptors (Lipinski definition) is 2. The zero-order valence-corrected chi connectivity index (χ0v) is 13.0. The van der Waals surface area contributed by atoms with Crippen LogP contribution in [0.1, 0.15) is 23.5 Å². The van der Waals surface area contributed by atoms with E-state index in [1.807, 2.05) is 24.3 Å². The van der Waals surface area contributed by atoms with E-state index in [9.17, 15) is 9.50 Å². The molecule has 0 spiro atoms. The number of aliphatic hydroxyl groups is 1. The fourth-order valence-corrected chi connectivity index (χ4v) is 3.25. The van der Waals surface area contributed by atoms with Gasteiger partial charge in [0.2, 0.25) is 0 Å². The number of ether oxygens (including phenoxy) is 1. The van der Waals surface area contributed by atoms with Gasteiger partial charge in [-0.3, -0.25) is 0 Å². The summed E-state index contributed by atoms with van der Waals surface area (Å²) in [6.45, 7) is 0.600. The van der Waals surface area contributed by atoms with E-state index >= 15 is 0 Å². The second-order valence-corrected chi connectivity index (χ2v) is 6.14. The minimum absolute atomic E-state index is 0.0186. The third-order valence-corrected chi connectivity index (χ3v) is 4.68. The van der Waals surface area contributed by atoms with Crippen LogP contribution in [0.15, 0.2) is 46.9 Å². The standard InChI is InChI=1S/C17H16BrFO2/c18-15-6-5-12(19)9-11(15)10-16(20)13-7-8-21-17-4-2-1-3-14(13)17/h1-6,9,13,16,20H,7-8,10H2. The van der Waals surface area contributed by atoms with Gasteiger partial charge in [-0.05, 0) is 41.8 Å². The molecule has 0 bridgehead atoms. The Labute approximate surface area is 131 Å². The maximum Gasteiger partial charge on any atom is 0.123 e. The molecule has 2 aromatic carbocycles. The highest BCUT2D eigenvalue weighted by Gasteiger charge is 2.28. The molecule has 2 nitrogen and oxygen atoms in total. The van der Waals surface area contributed by atoms with E-state index in [2.05, 4.69) is 15.9 Å². The topological polar surface area (TPSA) is 29.5 Å². The van der Waals surface area contributed by atoms with Crippen molar-refractivity contribution < 1.29 is 14.2 Å². The molecule has 0 aliphatic carbocycles. The van der Waals surface area contributed by atoms with Crippen molar-refractivity contribution in [2.45, 2.75) is 24.9 Å². The molecule has 1 heterocycles. The number of aliphatic hydroxyl groups excluding tert-OH is 1. The van der Waals surface area contributed by atoms with Crippen molar-refractivity contribution in [1.29, 1.82) is 0 Å². The van der Waals surface area contributed by atoms with Gasteiger partial charge in [0.15, 0.2) is 0 Å². The maximum atomic E-state index is 13.4. The molecule has 3 rings (SSSR count). The summed E-state index contributed by atoms with van der Waals surface area (Å²) in [4.78, 5) is 0. The average molecular weight is 351 g/mol. The average Bonchev–Trinajstić information content (AvgIpc) is 2.50. The molecule has 1 aliphatic heterocycles. The van der Waals surface area contributed by atoms with Crippen LogP contribution in [0.3, 0.4) is 0 Å². The number of hydrogen-bond donors (Lipinski definition) is 1. The van der Waals surface area contributed by atoms with Crippen LogP contribution >= 0.6 is 15.9 Å². The van der Waals surface area contributed by atoms with Gasteiger partial charge in [0.25, 0.3) is 0 Å². The van der Waals surface area contributed by atoms with Crippen LogP contribution in [0.4, 0.5) is 4.39 Å². The van der Waals surface area contributed by atoms with Gasteiger partial charge in [0.1, 0.15) is 11.6 Å². The zero-order chi connectivity index (χ0) is 14.8. The minimum atomic E-state index is -0.562. The predicted molar refractivity (Wildman–Crippen MR) is 83.1 cm³/mol. The molecule has 1 N–H and O–H groups in total. The molecule has 2 aromatic rings. The Kier molecular flexibility index (Phi) is 4.27. The van der Waals surface area contributed by atoms with E-state index in [0.29, 0.717) is 13.0 Å². The summed E-state index contributed by atoms with van der Waals surface area (Å²) >= 11 is 3.41. The first-order valence-electron chi connectivity index (χ1n) is 6.99. The lowest BCUT2D eigenvalue weighted by molar-refractivity contribution is 0.116. The second kappa shape index (κ2) is 6.16. The van der Waals surface area contributed by atoms with Gasteiger partial charge in [-0.15, -0.1) is 0 Å². The first-order valence-corrected chi connectivity index (χ1v) is 7.78. The van der Waals surface area contributed by atoms with Crippen LogP contribution in [-0.2, 0) is 6.42 Å². The molecular weight excluding hydrogens is 335 g/mol. The summed E-state index contributed by atoms with van der Waals surface area (Å²) in [7, 11) is 0. The molecular formula is C17H16BrFO2. The lowest BCUT2D eigenvalue weighted by atomic mass is 9.85. The lowest BCUT2D eigenvalue weighted by Gasteiger charge is -2.29. The number of rotatable bonds is 3. The lowest BCUT2D eigenvalue weighted by Crippen LogP contribution is -2.26. The fraction of sp³-hybridized carbons (Fsp3) is 0.294. The largest absolute Gasteiger partial charge is 0.493 e. The van der Waals surface area contributed by atoms with Crippen molar-refractivity contribution in [3.05, 3.63) is 63.9 Å². The summed E-state index contributed by atoms with van der Waals surface area (Å²) in [5.41, 5.74) is 1.82. The fourth-order valence-electron chi connectivity index (χ4n) is 2.84. The van der Waals surface area contributed by atoms with Gasteiger partial charge < -0.3 is 9.84 Å². The number of halogens is 2. The Bertz CT molecular complexity index is 644. The van der Waals surface area contributed by atoms with Crippen LogP contribution in [0.2, 0.25) is 0 Å². The van der Waals surface area contributed by atoms with E-state index in [1.165, 1.54) is 12.1 Å². The molecule has 0 saturated heterocycles. The number of benzene rings is 2. The Morgan fingerprint density at radius 3 is 2.95 bits per heavy atom. The molecule has 1 aliphatic rings. The van der Waals surface area contributed by atoms with Crippen LogP contribution in [0, 0.1) is 5.82 Å². The summed E-state index contributed by atoms with van der Waals surface area (Å²) in [6, 6.07) is 12.3. The minimum Gasteiger partial charge on any atom is -0.493 e. The molecule has 21 heavy (non-hydrogen) atoms. The maximum absolute atomic E-state index is 13.4. The van der Waals surface area contributed by atoms with Crippen molar-refractivity contribution in [3.8, 4) is 5.75 Å². The highest BCUT2D eigenvalue weighted by molar-refractivity contribution is 9.10. The van der Waals surface area contributed by atoms with Gasteiger partial charge in [-0.25, -0.2) is 4.39 Å². The Hall–Kier alpha value is -1.39. The predicted octanol–water partition coefficient (Wildman–Crippen LogP) is 4.06. The van der Waals surface area contributed by atoms with Gasteiger partial charge >= 0.3 is 0 Å². The summed E-state index contributed by atoms with van der Waals surface area (Å²) in [5, 5.41) is 10.6. The van der Waals surface area contributed by atoms with Crippen LogP contribution in [-0.4, -0.2) is 17.8 Å². The summed E-state index contributed by atoms with van der Waals surface area (Å²) < 4.78 is 19.8. The van der Waals surface area contributed by atoms with E-state index in [4.69, 9.17) is 4.74 Å². The van der Waals surface area contributed by atoms with E-state index in [-0.39, 0.29) is 11.7 Å². The second-order valence-electron chi connectivity index (χ2n) is 5.29. The van der Waals surface area contributed by atoms with Gasteiger partial charge in [0, 0.05) is 16.8 Å². The Morgan fingerprint density at radius 1 is 1.29 bits per heavy atom. The van der Waals surface area contributed by atoms with Gasteiger partial charge in [-0.2, -0.15) is 0 Å². The van der Waals surface area contributed by atoms with E-state index < -0.39 is 6.10 Å². The van der Waals surface area contributed by atoms with Crippen molar-refractivity contribution >= 4 is 15.9 Å². The summed E-state index contributed by atoms with van der Waals surface area (Å²) in [6.07, 6.45) is 0.621. The first kappa shape index (κ1) is 14.5. The SMILES string of the molecule is OC(Cc1cc(F)ccc1Br)C1CCOc2ccccc21. The molecule has 110 valence electrons. The van der Waals surface area contributed by atoms with Crippen molar-refractivity contribution in [2.24, 2.45) is 0 Å². The van der Waals surface area contributed by atoms with E-state index in [0.717, 1.165) is 27.8 Å². The van der Waals surface area contributed by atoms with Gasteiger partial charge in [-0.1, -0.05) is 34.1 Å². The molecule has 0 fully saturated rings. The van der Waals surface area contributed by atoms with E-state index in [1.54, 1.807) is 6.07 Å². The molecule has 4 heteroatoms. The highest BCUT2D eigenvalue weighted by atomic mass is 79.9. The first-order chi connectivity index (χ1) is 10.1. The zero-order valence-electron chi connectivity index (χ0n) is 11.4. The molecule has 0 radical (unpaired) electrons. The summed E-state index contributed by atoms with van der Waals surface area (Å²) in [5.74, 6) is 0.573. The van der Waals surface area contributed by atoms with Gasteiger partial charge in [0.05, 0.1) is 12.7 Å². The molecule has 0 aromatic heterocycles. The quantitative estimate of drug-likeness (QED) is 0.904. The monoisotopic (exact) mass is 350 g/mol. The molecule has 0 amide bonds. The van der Waals surface area contributed by atoms with Crippen LogP contribution in [0.5, 0.6) is 5.75 Å². The van der Waals surface area contributed by atoms with Crippen molar-refractivity contribution in [2.75, 3.05) is 6.61 Å². The molecule has 2 unspecified atom stereocenters. The number of para-hydroxylation sites is 1. The molecule has 2 atom stereocenters. The van der Waals surface area contributed by atoms with Crippen molar-refractivity contribution in [3.63, 3.8) is 0 Å². The van der Waals surface area contributed by atoms with Crippen LogP contribution < -0.4 is 4.74 Å². The van der Waals surface area contributed by atoms with Crippen molar-refractivity contribution in [1.82, 2.24) is 0 Å². The Morgan fingerprint density at radius 2 is 2.10 bits per heavy atom.